The third-order valence-corrected chi connectivity index (χ3v) is 17.3. The first kappa shape index (κ1) is 105. The van der Waals surface area contributed by atoms with Crippen molar-refractivity contribution in [3.8, 4) is 5.75 Å². The number of amides is 1. The molecule has 5 aliphatic heterocycles. The Morgan fingerprint density at radius 3 is 1.19 bits per heavy atom. The number of allylic oxidation sites excluding steroid dienone is 1. The van der Waals surface area contributed by atoms with Crippen molar-refractivity contribution < 1.29 is 13.7 Å². The van der Waals surface area contributed by atoms with Crippen molar-refractivity contribution in [2.45, 2.75) is 329 Å². The monoisotopic (exact) mass is 1580 g/mol. The number of nitrogens with one attached hydrogen (secondary N) is 5. The summed E-state index contributed by atoms with van der Waals surface area (Å²) in [6.07, 6.45) is 17.7. The van der Waals surface area contributed by atoms with Crippen molar-refractivity contribution in [2.75, 3.05) is 25.0 Å². The number of anilines is 1. The average molecular weight is 1580 g/mol. The van der Waals surface area contributed by atoms with Crippen LogP contribution in [0.1, 0.15) is 319 Å². The van der Waals surface area contributed by atoms with Crippen LogP contribution in [0, 0.1) is 37.9 Å². The number of ether oxygens (including phenoxy) is 1. The molecular weight excluding hydrogens is 1410 g/mol. The minimum atomic E-state index is -2.05. The summed E-state index contributed by atoms with van der Waals surface area (Å²) in [6, 6.07) is 59.1. The smallest absolute Gasteiger partial charge is 0.224 e. The van der Waals surface area contributed by atoms with Crippen LogP contribution in [0.2, 0.25) is 0 Å². The lowest BCUT2D eigenvalue weighted by Crippen LogP contribution is -2.29. The Hall–Kier alpha value is -6.75. The van der Waals surface area contributed by atoms with E-state index in [0.29, 0.717) is 68.6 Å². The van der Waals surface area contributed by atoms with E-state index in [4.69, 9.17) is 4.74 Å². The van der Waals surface area contributed by atoms with Crippen LogP contribution >= 0.6 is 0 Å². The predicted molar refractivity (Wildman–Crippen MR) is 508 cm³/mol. The van der Waals surface area contributed by atoms with E-state index in [-0.39, 0.29) is 13.3 Å². The van der Waals surface area contributed by atoms with E-state index in [1.165, 1.54) is 110 Å². The molecule has 3 aliphatic carbocycles. The summed E-state index contributed by atoms with van der Waals surface area (Å²) in [6.45, 7) is 71.4. The number of hydrogen-bond donors (Lipinski definition) is 5. The van der Waals surface area contributed by atoms with Crippen LogP contribution in [0.4, 0.5) is 5.69 Å². The van der Waals surface area contributed by atoms with Gasteiger partial charge in [-0.1, -0.05) is 366 Å². The standard InChI is InChI=1S/C12H14.C10H11N.C10H13N.C10H12.C9H11NOS.C9H9NO.C9H11NO.7C5H12.CH4/c1-2-6-11-10(4-1)5-3-7-12(11)8-9-12;1-8-6-7-9-4-2-3-5-10(9)11-8;1-2-5-10-8-11-7-3-6-9(10)4-1;1-2-6-10-8-4-3-7-9(10)5-1;1-12(11)7-9-5-3-2-4-8(9)6-10-12;11-9-5-7-3-1-2-4-8(7)6-10-9;1-2-4-9-8(3-1)7-10-5-6-11-9;7*1-5(2,3)4;/h1-2,4,6H,3,5,7-9H2;2-5,11H,1,6-7H2;1-2,4-5,11H,3,6-8H2;1-2,5-6H,3-4,7-8H2;2-5H,1,6-7H2,(H,10,11);1-4H,5-6H2,(H,10,11);1-4,10H,5-7H2;7*1-4H3;1H4. The molecule has 1 saturated carbocycles. The van der Waals surface area contributed by atoms with E-state index in [0.717, 1.165) is 68.2 Å². The number of carbonyl (C=O) groups excluding carboxylic acids is 1. The molecule has 7 aromatic carbocycles. The van der Waals surface area contributed by atoms with Gasteiger partial charge in [0.2, 0.25) is 5.91 Å². The molecule has 9 heteroatoms. The fourth-order valence-electron chi connectivity index (χ4n) is 11.3. The molecule has 7 aromatic rings. The van der Waals surface area contributed by atoms with Crippen LogP contribution < -0.4 is 30.7 Å². The number of fused-ring (bicyclic) bond motifs is 8. The van der Waals surface area contributed by atoms with Crippen molar-refractivity contribution >= 4 is 27.2 Å². The van der Waals surface area contributed by atoms with E-state index in [1.54, 1.807) is 22.3 Å². The summed E-state index contributed by atoms with van der Waals surface area (Å²) in [4.78, 5) is 10.9. The van der Waals surface area contributed by atoms with E-state index >= 15 is 0 Å². The van der Waals surface area contributed by atoms with Gasteiger partial charge < -0.3 is 26.0 Å². The molecule has 5 N–H and O–H groups in total. The Labute approximate surface area is 703 Å². The molecule has 0 saturated heterocycles. The summed E-state index contributed by atoms with van der Waals surface area (Å²) in [5.74, 6) is 5.36. The number of carbonyl (C=O) groups is 1. The number of hydrogen-bond acceptors (Lipinski definition) is 6. The zero-order valence-electron chi connectivity index (χ0n) is 77.3. The van der Waals surface area contributed by atoms with Crippen molar-refractivity contribution in [1.82, 2.24) is 20.7 Å². The lowest BCUT2D eigenvalue weighted by molar-refractivity contribution is -0.121. The molecule has 1 amide bonds. The minimum Gasteiger partial charge on any atom is -0.492 e. The van der Waals surface area contributed by atoms with Crippen LogP contribution in [0.25, 0.3) is 0 Å². The summed E-state index contributed by atoms with van der Waals surface area (Å²) in [5, 5.41) is 12.7. The molecule has 638 valence electrons. The molecule has 1 fully saturated rings. The lowest BCUT2D eigenvalue weighted by atomic mass is 9.80. The summed E-state index contributed by atoms with van der Waals surface area (Å²) in [7, 11) is -2.05. The zero-order valence-corrected chi connectivity index (χ0v) is 78.1. The van der Waals surface area contributed by atoms with Crippen molar-refractivity contribution in [2.24, 2.45) is 37.9 Å². The van der Waals surface area contributed by atoms with Crippen LogP contribution in [0.15, 0.2) is 182 Å². The van der Waals surface area contributed by atoms with Gasteiger partial charge >= 0.3 is 0 Å². The highest BCUT2D eigenvalue weighted by molar-refractivity contribution is 7.97. The SMILES string of the molecule is C.C=C1CCc2ccccc2N1.C=S1(=O)Cc2ccccc2CN1.CC(C)(C)C.CC(C)(C)C.CC(C)(C)C.CC(C)(C)C.CC(C)(C)C.CC(C)(C)C.CC(C)(C)C.O=C1Cc2ccccc2CN1.c1ccc2c(c1)CCCC2.c1ccc2c(c1)CCCC21CC1.c1ccc2c(c1)CCCNC2.c1ccc2c(c1)CNCCO2. The van der Waals surface area contributed by atoms with Gasteiger partial charge in [0, 0.05) is 59.4 Å². The molecule has 5 heterocycles. The maximum atomic E-state index is 11.5. The van der Waals surface area contributed by atoms with Crippen LogP contribution in [0.5, 0.6) is 5.75 Å². The van der Waals surface area contributed by atoms with Gasteiger partial charge in [-0.05, 0) is 213 Å². The average Bonchev–Trinajstić information content (AvgIpc) is 1.60. The van der Waals surface area contributed by atoms with E-state index in [2.05, 4.69) is 341 Å². The molecule has 1 spiro atoms. The summed E-state index contributed by atoms with van der Waals surface area (Å²) < 4.78 is 20.0. The van der Waals surface area contributed by atoms with Gasteiger partial charge in [0.1, 0.15) is 12.4 Å². The maximum Gasteiger partial charge on any atom is 0.224 e. The van der Waals surface area contributed by atoms with Crippen LogP contribution in [-0.4, -0.2) is 35.7 Å². The third kappa shape index (κ3) is 58.2. The molecule has 0 radical (unpaired) electrons. The highest BCUT2D eigenvalue weighted by Gasteiger charge is 2.46. The Morgan fingerprint density at radius 2 is 0.711 bits per heavy atom. The Bertz CT molecular complexity index is 3570. The molecular formula is C105H169N5O3S. The van der Waals surface area contributed by atoms with E-state index < -0.39 is 9.71 Å². The normalized spacial score (nSPS) is 16.8. The van der Waals surface area contributed by atoms with Gasteiger partial charge in [-0.3, -0.25) is 9.00 Å². The summed E-state index contributed by atoms with van der Waals surface area (Å²) >= 11 is 0. The highest BCUT2D eigenvalue weighted by atomic mass is 32.2. The zero-order chi connectivity index (χ0) is 85.3. The lowest BCUT2D eigenvalue weighted by Gasteiger charge is -2.24. The van der Waals surface area contributed by atoms with Crippen LogP contribution in [-0.2, 0) is 90.4 Å². The van der Waals surface area contributed by atoms with Gasteiger partial charge in [0.05, 0.1) is 12.2 Å². The first-order valence-corrected chi connectivity index (χ1v) is 44.5. The van der Waals surface area contributed by atoms with Crippen molar-refractivity contribution in [1.29, 1.82) is 0 Å². The summed E-state index contributed by atoms with van der Waals surface area (Å²) in [5.41, 5.74) is 23.4. The fraction of sp³-hybridized carbons (Fsp3) is 0.562. The number of rotatable bonds is 0. The van der Waals surface area contributed by atoms with E-state index in [1.807, 2.05) is 60.7 Å². The van der Waals surface area contributed by atoms with E-state index in [9.17, 15) is 9.00 Å². The predicted octanol–water partition coefficient (Wildman–Crippen LogP) is 27.9. The van der Waals surface area contributed by atoms with Gasteiger partial charge in [0.15, 0.2) is 0 Å². The molecule has 1 unspecified atom stereocenters. The quantitative estimate of drug-likeness (QED) is 0.0970. The number of aryl methyl sites for hydroxylation is 5. The second-order valence-electron chi connectivity index (χ2n) is 42.6. The largest absolute Gasteiger partial charge is 0.492 e. The Morgan fingerprint density at radius 1 is 0.360 bits per heavy atom. The maximum absolute atomic E-state index is 11.5. The second kappa shape index (κ2) is 51.4. The first-order valence-electron chi connectivity index (χ1n) is 42.6. The molecule has 8 nitrogen and oxygen atoms in total. The van der Waals surface area contributed by atoms with Gasteiger partial charge in [-0.25, -0.2) is 4.72 Å². The molecule has 0 aromatic heterocycles. The molecule has 0 bridgehead atoms. The molecule has 114 heavy (non-hydrogen) atoms. The Balaban J connectivity index is 0.000000623. The topological polar surface area (TPSA) is 104 Å². The van der Waals surface area contributed by atoms with Gasteiger partial charge in [-0.2, -0.15) is 0 Å². The van der Waals surface area contributed by atoms with Crippen LogP contribution in [0.3, 0.4) is 0 Å². The van der Waals surface area contributed by atoms with Crippen molar-refractivity contribution in [3.63, 3.8) is 0 Å². The fourth-order valence-corrected chi connectivity index (χ4v) is 12.6. The highest BCUT2D eigenvalue weighted by Crippen LogP contribution is 2.55. The second-order valence-corrected chi connectivity index (χ2v) is 44.8. The van der Waals surface area contributed by atoms with Gasteiger partial charge in [0.25, 0.3) is 0 Å². The first-order chi connectivity index (χ1) is 52.2. The minimum absolute atomic E-state index is 0. The molecule has 8 aliphatic rings. The number of benzene rings is 7. The number of para-hydroxylation sites is 2. The molecule has 15 rings (SSSR count). The molecule has 1 atom stereocenters. The van der Waals surface area contributed by atoms with Crippen molar-refractivity contribution in [3.05, 3.63) is 249 Å². The third-order valence-electron chi connectivity index (χ3n) is 15.9. The Kier molecular flexibility index (Phi) is 47.5. The van der Waals surface area contributed by atoms with Gasteiger partial charge in [-0.15, -0.1) is 0 Å².